The van der Waals surface area contributed by atoms with Gasteiger partial charge in [0.25, 0.3) is 5.56 Å². The zero-order chi connectivity index (χ0) is 12.7. The second kappa shape index (κ2) is 6.74. The number of nitrogens with one attached hydrogen (secondary N) is 1. The van der Waals surface area contributed by atoms with E-state index in [1.165, 1.54) is 0 Å². The van der Waals surface area contributed by atoms with Crippen molar-refractivity contribution in [3.05, 3.63) is 22.7 Å². The minimum absolute atomic E-state index is 0.106. The Labute approximate surface area is 102 Å². The summed E-state index contributed by atoms with van der Waals surface area (Å²) in [5.41, 5.74) is -0.106. The molecule has 0 saturated carbocycles. The van der Waals surface area contributed by atoms with Gasteiger partial charge >= 0.3 is 0 Å². The van der Waals surface area contributed by atoms with Crippen molar-refractivity contribution in [1.82, 2.24) is 9.55 Å². The Hall–Kier alpha value is -1.76. The lowest BCUT2D eigenvalue weighted by atomic mass is 10.2. The lowest BCUT2D eigenvalue weighted by Gasteiger charge is -2.13. The predicted octanol–water partition coefficient (Wildman–Crippen LogP) is 1.87. The first-order valence-electron chi connectivity index (χ1n) is 6.01. The Bertz CT molecular complexity index is 445. The third-order valence-electron chi connectivity index (χ3n) is 2.47. The van der Waals surface area contributed by atoms with Crippen molar-refractivity contribution < 1.29 is 0 Å². The lowest BCUT2D eigenvalue weighted by Crippen LogP contribution is -2.28. The summed E-state index contributed by atoms with van der Waals surface area (Å²) in [6, 6.07) is -0.127. The highest BCUT2D eigenvalue weighted by molar-refractivity contribution is 5.35. The van der Waals surface area contributed by atoms with E-state index in [1.54, 1.807) is 17.0 Å². The number of nitrogens with zero attached hydrogens (tertiary/aromatic N) is 2. The maximum absolute atomic E-state index is 12.0. The Morgan fingerprint density at radius 3 is 2.88 bits per heavy atom. The molecule has 1 aromatic heterocycles. The van der Waals surface area contributed by atoms with E-state index in [9.17, 15) is 4.79 Å². The molecule has 0 amide bonds. The van der Waals surface area contributed by atoms with Gasteiger partial charge in [0.1, 0.15) is 0 Å². The molecule has 0 aliphatic rings. The molecular weight excluding hydrogens is 214 g/mol. The summed E-state index contributed by atoms with van der Waals surface area (Å²) in [7, 11) is 0. The molecule has 0 aromatic carbocycles. The molecule has 1 N–H and O–H groups in total. The van der Waals surface area contributed by atoms with Crippen LogP contribution in [0.3, 0.4) is 0 Å². The van der Waals surface area contributed by atoms with Gasteiger partial charge in [-0.15, -0.1) is 6.42 Å². The van der Waals surface area contributed by atoms with Crippen molar-refractivity contribution in [3.8, 4) is 12.3 Å². The van der Waals surface area contributed by atoms with E-state index in [4.69, 9.17) is 6.42 Å². The smallest absolute Gasteiger partial charge is 0.293 e. The molecule has 92 valence electrons. The fourth-order valence-corrected chi connectivity index (χ4v) is 1.61. The average molecular weight is 233 g/mol. The largest absolute Gasteiger partial charge is 0.352 e. The average Bonchev–Trinajstić information content (AvgIpc) is 2.33. The second-order valence-electron chi connectivity index (χ2n) is 3.93. The van der Waals surface area contributed by atoms with Gasteiger partial charge in [0.05, 0.1) is 6.04 Å². The minimum atomic E-state index is -0.127. The molecular formula is C13H19N3O. The minimum Gasteiger partial charge on any atom is -0.352 e. The topological polar surface area (TPSA) is 46.9 Å². The maximum Gasteiger partial charge on any atom is 0.293 e. The van der Waals surface area contributed by atoms with Crippen molar-refractivity contribution in [2.45, 2.75) is 45.7 Å². The van der Waals surface area contributed by atoms with Crippen molar-refractivity contribution in [1.29, 1.82) is 0 Å². The molecule has 1 aromatic rings. The lowest BCUT2D eigenvalue weighted by molar-refractivity contribution is 0.647. The standard InChI is InChI=1S/C13H19N3O/c1-4-7-11(6-3)15-12-13(17)16(9-5-2)10-8-14-12/h3,8,10-11H,4-5,7,9H2,1-2H3,(H,14,15). The number of terminal acetylenes is 1. The molecule has 0 aliphatic heterocycles. The number of rotatable bonds is 6. The molecule has 17 heavy (non-hydrogen) atoms. The quantitative estimate of drug-likeness (QED) is 0.763. The van der Waals surface area contributed by atoms with E-state index in [2.05, 4.69) is 23.1 Å². The monoisotopic (exact) mass is 233 g/mol. The second-order valence-corrected chi connectivity index (χ2v) is 3.93. The van der Waals surface area contributed by atoms with Crippen molar-refractivity contribution in [2.75, 3.05) is 5.32 Å². The summed E-state index contributed by atoms with van der Waals surface area (Å²) < 4.78 is 1.65. The van der Waals surface area contributed by atoms with Crippen molar-refractivity contribution >= 4 is 5.82 Å². The van der Waals surface area contributed by atoms with Crippen LogP contribution in [0.1, 0.15) is 33.1 Å². The Balaban J connectivity index is 2.88. The fraction of sp³-hybridized carbons (Fsp3) is 0.538. The van der Waals surface area contributed by atoms with Crippen LogP contribution in [-0.2, 0) is 6.54 Å². The van der Waals surface area contributed by atoms with Crippen LogP contribution in [0.5, 0.6) is 0 Å². The molecule has 1 atom stereocenters. The molecule has 0 spiro atoms. The summed E-state index contributed by atoms with van der Waals surface area (Å²) in [6.45, 7) is 4.78. The highest BCUT2D eigenvalue weighted by Gasteiger charge is 2.08. The van der Waals surface area contributed by atoms with Gasteiger partial charge in [-0.25, -0.2) is 4.98 Å². The molecule has 1 heterocycles. The van der Waals surface area contributed by atoms with Crippen molar-refractivity contribution in [2.24, 2.45) is 0 Å². The van der Waals surface area contributed by atoms with Crippen LogP contribution < -0.4 is 10.9 Å². The van der Waals surface area contributed by atoms with Crippen molar-refractivity contribution in [3.63, 3.8) is 0 Å². The number of aromatic nitrogens is 2. The molecule has 0 saturated heterocycles. The zero-order valence-corrected chi connectivity index (χ0v) is 10.4. The van der Waals surface area contributed by atoms with E-state index in [-0.39, 0.29) is 11.6 Å². The Morgan fingerprint density at radius 2 is 2.29 bits per heavy atom. The molecule has 0 aliphatic carbocycles. The van der Waals surface area contributed by atoms with E-state index in [0.717, 1.165) is 19.3 Å². The number of aryl methyl sites for hydroxylation is 1. The first-order valence-corrected chi connectivity index (χ1v) is 6.01. The highest BCUT2D eigenvalue weighted by Crippen LogP contribution is 2.02. The Morgan fingerprint density at radius 1 is 1.53 bits per heavy atom. The molecule has 1 rings (SSSR count). The Kier molecular flexibility index (Phi) is 5.28. The van der Waals surface area contributed by atoms with Gasteiger partial charge in [-0.05, 0) is 12.8 Å². The van der Waals surface area contributed by atoms with Gasteiger partial charge in [-0.2, -0.15) is 0 Å². The molecule has 0 radical (unpaired) electrons. The highest BCUT2D eigenvalue weighted by atomic mass is 16.1. The van der Waals surface area contributed by atoms with Crippen LogP contribution in [0.15, 0.2) is 17.2 Å². The molecule has 4 nitrogen and oxygen atoms in total. The van der Waals surface area contributed by atoms with E-state index >= 15 is 0 Å². The number of hydrogen-bond donors (Lipinski definition) is 1. The van der Waals surface area contributed by atoms with Crippen LogP contribution in [0.2, 0.25) is 0 Å². The predicted molar refractivity (Wildman–Crippen MR) is 69.9 cm³/mol. The molecule has 4 heteroatoms. The van der Waals surface area contributed by atoms with Gasteiger partial charge < -0.3 is 9.88 Å². The van der Waals surface area contributed by atoms with Crippen LogP contribution in [-0.4, -0.2) is 15.6 Å². The third kappa shape index (κ3) is 3.63. The SMILES string of the molecule is C#CC(CCC)Nc1nccn(CCC)c1=O. The van der Waals surface area contributed by atoms with Crippen LogP contribution in [0, 0.1) is 12.3 Å². The number of hydrogen-bond acceptors (Lipinski definition) is 3. The summed E-state index contributed by atoms with van der Waals surface area (Å²) in [5.74, 6) is 2.98. The van der Waals surface area contributed by atoms with Crippen LogP contribution in [0.4, 0.5) is 5.82 Å². The third-order valence-corrected chi connectivity index (χ3v) is 2.47. The normalized spacial score (nSPS) is 11.8. The molecule has 0 bridgehead atoms. The van der Waals surface area contributed by atoms with Gasteiger partial charge in [0.2, 0.25) is 0 Å². The molecule has 1 unspecified atom stereocenters. The molecule has 0 fully saturated rings. The van der Waals surface area contributed by atoms with Crippen LogP contribution >= 0.6 is 0 Å². The summed E-state index contributed by atoms with van der Waals surface area (Å²) in [4.78, 5) is 16.0. The van der Waals surface area contributed by atoms with E-state index in [1.807, 2.05) is 6.92 Å². The zero-order valence-electron chi connectivity index (χ0n) is 10.4. The summed E-state index contributed by atoms with van der Waals surface area (Å²) in [6.07, 6.45) is 11.4. The number of anilines is 1. The van der Waals surface area contributed by atoms with Crippen LogP contribution in [0.25, 0.3) is 0 Å². The van der Waals surface area contributed by atoms with E-state index < -0.39 is 0 Å². The van der Waals surface area contributed by atoms with E-state index in [0.29, 0.717) is 12.4 Å². The summed E-state index contributed by atoms with van der Waals surface area (Å²) >= 11 is 0. The van der Waals surface area contributed by atoms with Gasteiger partial charge in [0.15, 0.2) is 5.82 Å². The van der Waals surface area contributed by atoms with Gasteiger partial charge in [-0.3, -0.25) is 4.79 Å². The van der Waals surface area contributed by atoms with Gasteiger partial charge in [-0.1, -0.05) is 26.2 Å². The first-order chi connectivity index (χ1) is 8.22. The van der Waals surface area contributed by atoms with Gasteiger partial charge in [0, 0.05) is 18.9 Å². The summed E-state index contributed by atoms with van der Waals surface area (Å²) in [5, 5.41) is 3.02. The first kappa shape index (κ1) is 13.3. The fourth-order valence-electron chi connectivity index (χ4n) is 1.61. The maximum atomic E-state index is 12.0.